The van der Waals surface area contributed by atoms with Gasteiger partial charge in [-0.05, 0) is 48.7 Å². The Morgan fingerprint density at radius 2 is 1.93 bits per heavy atom. The van der Waals surface area contributed by atoms with Crippen LogP contribution in [0.4, 0.5) is 5.13 Å². The van der Waals surface area contributed by atoms with Crippen molar-refractivity contribution in [2.75, 3.05) is 11.6 Å². The summed E-state index contributed by atoms with van der Waals surface area (Å²) in [4.78, 5) is 18.0. The molecule has 1 N–H and O–H groups in total. The topological polar surface area (TPSA) is 76.1 Å². The number of aromatic nitrogens is 1. The van der Waals surface area contributed by atoms with Crippen LogP contribution in [0.1, 0.15) is 31.2 Å². The zero-order chi connectivity index (χ0) is 19.9. The monoisotopic (exact) mass is 434 g/mol. The molecule has 0 radical (unpaired) electrons. The van der Waals surface area contributed by atoms with Gasteiger partial charge in [-0.3, -0.25) is 4.79 Å². The molecular weight excluding hydrogens is 416 g/mol. The van der Waals surface area contributed by atoms with Crippen molar-refractivity contribution in [3.63, 3.8) is 0 Å². The van der Waals surface area contributed by atoms with E-state index in [4.69, 9.17) is 11.6 Å². The highest BCUT2D eigenvalue weighted by molar-refractivity contribution is 7.90. The number of amides is 1. The molecule has 1 aliphatic rings. The maximum atomic E-state index is 13.3. The van der Waals surface area contributed by atoms with Crippen LogP contribution in [0.2, 0.25) is 5.02 Å². The zero-order valence-electron chi connectivity index (χ0n) is 15.2. The summed E-state index contributed by atoms with van der Waals surface area (Å²) < 4.78 is 24.3. The summed E-state index contributed by atoms with van der Waals surface area (Å²) in [7, 11) is -3.29. The molecule has 5 nitrogen and oxygen atoms in total. The molecule has 1 fully saturated rings. The molecule has 1 heterocycles. The third kappa shape index (κ3) is 3.54. The number of hydrogen-bond acceptors (Lipinski definition) is 5. The smallest absolute Gasteiger partial charge is 0.236 e. The molecule has 8 heteroatoms. The Hall–Kier alpha value is -1.96. The van der Waals surface area contributed by atoms with Gasteiger partial charge in [-0.25, -0.2) is 13.4 Å². The predicted octanol–water partition coefficient (Wildman–Crippen LogP) is 4.80. The number of nitrogens with zero attached hydrogens (tertiary/aromatic N) is 1. The summed E-state index contributed by atoms with van der Waals surface area (Å²) in [6, 6.07) is 12.3. The first kappa shape index (κ1) is 19.4. The highest BCUT2D eigenvalue weighted by Crippen LogP contribution is 2.43. The third-order valence-electron chi connectivity index (χ3n) is 5.28. The Balaban J connectivity index is 1.66. The van der Waals surface area contributed by atoms with Crippen molar-refractivity contribution < 1.29 is 13.2 Å². The second-order valence-electron chi connectivity index (χ2n) is 7.17. The Kier molecular flexibility index (Phi) is 4.93. The Morgan fingerprint density at radius 1 is 1.18 bits per heavy atom. The summed E-state index contributed by atoms with van der Waals surface area (Å²) in [5.41, 5.74) is 0.979. The first-order chi connectivity index (χ1) is 13.3. The number of carbonyl (C=O) groups excluding carboxylic acids is 1. The molecule has 0 aliphatic heterocycles. The van der Waals surface area contributed by atoms with Crippen LogP contribution in [0.3, 0.4) is 0 Å². The van der Waals surface area contributed by atoms with Crippen LogP contribution in [0.5, 0.6) is 0 Å². The molecular formula is C20H19ClN2O3S2. The summed E-state index contributed by atoms with van der Waals surface area (Å²) in [6.45, 7) is 0. The van der Waals surface area contributed by atoms with Gasteiger partial charge >= 0.3 is 0 Å². The molecule has 1 amide bonds. The SMILES string of the molecule is CS(=O)(=O)c1ccc2nc(NC(=O)C3(c4cccc(Cl)c4)CCCC3)sc2c1. The average molecular weight is 435 g/mol. The minimum absolute atomic E-state index is 0.0883. The van der Waals surface area contributed by atoms with E-state index in [9.17, 15) is 13.2 Å². The highest BCUT2D eigenvalue weighted by atomic mass is 35.5. The summed E-state index contributed by atoms with van der Waals surface area (Å²) >= 11 is 7.44. The molecule has 1 aliphatic carbocycles. The average Bonchev–Trinajstić information content (AvgIpc) is 3.27. The number of anilines is 1. The first-order valence-corrected chi connectivity index (χ1v) is 12.0. The van der Waals surface area contributed by atoms with E-state index in [0.29, 0.717) is 15.7 Å². The number of carbonyl (C=O) groups is 1. The van der Waals surface area contributed by atoms with Crippen molar-refractivity contribution in [3.05, 3.63) is 53.1 Å². The normalized spacial score (nSPS) is 16.4. The lowest BCUT2D eigenvalue weighted by atomic mass is 9.78. The van der Waals surface area contributed by atoms with Crippen molar-refractivity contribution >= 4 is 54.0 Å². The minimum Gasteiger partial charge on any atom is -0.301 e. The number of nitrogens with one attached hydrogen (secondary N) is 1. The lowest BCUT2D eigenvalue weighted by molar-refractivity contribution is -0.121. The van der Waals surface area contributed by atoms with E-state index in [2.05, 4.69) is 10.3 Å². The number of thiazole rings is 1. The molecule has 0 unspecified atom stereocenters. The summed E-state index contributed by atoms with van der Waals surface area (Å²) in [5, 5.41) is 4.05. The number of halogens is 1. The molecule has 2 aromatic carbocycles. The van der Waals surface area contributed by atoms with E-state index in [-0.39, 0.29) is 10.8 Å². The van der Waals surface area contributed by atoms with Gasteiger partial charge in [0.25, 0.3) is 0 Å². The van der Waals surface area contributed by atoms with Crippen LogP contribution < -0.4 is 5.32 Å². The largest absolute Gasteiger partial charge is 0.301 e. The van der Waals surface area contributed by atoms with Gasteiger partial charge in [0.2, 0.25) is 5.91 Å². The second-order valence-corrected chi connectivity index (χ2v) is 10.7. The van der Waals surface area contributed by atoms with Crippen LogP contribution in [-0.2, 0) is 20.0 Å². The van der Waals surface area contributed by atoms with Crippen molar-refractivity contribution in [2.24, 2.45) is 0 Å². The van der Waals surface area contributed by atoms with Crippen LogP contribution in [0, 0.1) is 0 Å². The summed E-state index contributed by atoms with van der Waals surface area (Å²) in [6.07, 6.45) is 4.67. The van der Waals surface area contributed by atoms with Crippen molar-refractivity contribution in [1.29, 1.82) is 0 Å². The van der Waals surface area contributed by atoms with Gasteiger partial charge < -0.3 is 5.32 Å². The molecule has 1 aromatic heterocycles. The molecule has 0 saturated heterocycles. The second kappa shape index (κ2) is 7.13. The lowest BCUT2D eigenvalue weighted by Gasteiger charge is -2.28. The van der Waals surface area contributed by atoms with E-state index in [1.807, 2.05) is 18.2 Å². The molecule has 0 bridgehead atoms. The molecule has 3 aromatic rings. The molecule has 4 rings (SSSR count). The summed E-state index contributed by atoms with van der Waals surface area (Å²) in [5.74, 6) is -0.0883. The molecule has 1 saturated carbocycles. The molecule has 146 valence electrons. The Bertz CT molecular complexity index is 1170. The molecule has 0 atom stereocenters. The fraction of sp³-hybridized carbons (Fsp3) is 0.300. The van der Waals surface area contributed by atoms with Gasteiger partial charge in [0.05, 0.1) is 20.5 Å². The lowest BCUT2D eigenvalue weighted by Crippen LogP contribution is -2.37. The Morgan fingerprint density at radius 3 is 2.61 bits per heavy atom. The molecule has 0 spiro atoms. The maximum absolute atomic E-state index is 13.3. The van der Waals surface area contributed by atoms with Crippen LogP contribution in [-0.4, -0.2) is 25.6 Å². The standard InChI is InChI=1S/C20H19ClN2O3S2/c1-28(25,26)15-7-8-16-17(12-15)27-19(22-16)23-18(24)20(9-2-3-10-20)13-5-4-6-14(21)11-13/h4-8,11-12H,2-3,9-10H2,1H3,(H,22,23,24). The zero-order valence-corrected chi connectivity index (χ0v) is 17.6. The van der Waals surface area contributed by atoms with E-state index in [1.165, 1.54) is 23.7 Å². The van der Waals surface area contributed by atoms with Crippen molar-refractivity contribution in [2.45, 2.75) is 36.0 Å². The third-order valence-corrected chi connectivity index (χ3v) is 7.56. The van der Waals surface area contributed by atoms with E-state index in [0.717, 1.165) is 35.9 Å². The number of benzene rings is 2. The van der Waals surface area contributed by atoms with Gasteiger partial charge in [-0.1, -0.05) is 47.9 Å². The van der Waals surface area contributed by atoms with Crippen LogP contribution >= 0.6 is 22.9 Å². The van der Waals surface area contributed by atoms with Gasteiger partial charge in [-0.2, -0.15) is 0 Å². The number of hydrogen-bond donors (Lipinski definition) is 1. The van der Waals surface area contributed by atoms with Crippen molar-refractivity contribution in [1.82, 2.24) is 4.98 Å². The first-order valence-electron chi connectivity index (χ1n) is 8.96. The van der Waals surface area contributed by atoms with Gasteiger partial charge in [0.15, 0.2) is 15.0 Å². The van der Waals surface area contributed by atoms with Gasteiger partial charge in [0.1, 0.15) is 0 Å². The number of sulfone groups is 1. The Labute approximate surface area is 172 Å². The van der Waals surface area contributed by atoms with E-state index >= 15 is 0 Å². The number of fused-ring (bicyclic) bond motifs is 1. The van der Waals surface area contributed by atoms with Crippen LogP contribution in [0.25, 0.3) is 10.2 Å². The van der Waals surface area contributed by atoms with Crippen molar-refractivity contribution in [3.8, 4) is 0 Å². The quantitative estimate of drug-likeness (QED) is 0.639. The van der Waals surface area contributed by atoms with Gasteiger partial charge in [0, 0.05) is 11.3 Å². The van der Waals surface area contributed by atoms with Crippen LogP contribution in [0.15, 0.2) is 47.4 Å². The predicted molar refractivity (Wildman–Crippen MR) is 113 cm³/mol. The highest BCUT2D eigenvalue weighted by Gasteiger charge is 2.43. The van der Waals surface area contributed by atoms with E-state index < -0.39 is 15.3 Å². The fourth-order valence-electron chi connectivity index (χ4n) is 3.82. The molecule has 28 heavy (non-hydrogen) atoms. The minimum atomic E-state index is -3.29. The number of rotatable bonds is 4. The maximum Gasteiger partial charge on any atom is 0.236 e. The fourth-order valence-corrected chi connectivity index (χ4v) is 5.63. The van der Waals surface area contributed by atoms with E-state index in [1.54, 1.807) is 18.2 Å². The van der Waals surface area contributed by atoms with Gasteiger partial charge in [-0.15, -0.1) is 0 Å².